The van der Waals surface area contributed by atoms with E-state index in [0.717, 1.165) is 12.5 Å². The van der Waals surface area contributed by atoms with Crippen LogP contribution in [0.15, 0.2) is 10.1 Å². The zero-order valence-electron chi connectivity index (χ0n) is 16.5. The number of unbranched alkanes of at least 4 members (excludes halogenated alkanes) is 6. The summed E-state index contributed by atoms with van der Waals surface area (Å²) in [6, 6.07) is 1.01. The average molecular weight is 402 g/mol. The fourth-order valence-corrected chi connectivity index (χ4v) is 17.2. The summed E-state index contributed by atoms with van der Waals surface area (Å²) in [6.07, 6.45) is 14.4. The Morgan fingerprint density at radius 1 is 0.667 bits per heavy atom. The topological polar surface area (TPSA) is 0 Å². The number of hydrogen-bond donors (Lipinski definition) is 0. The number of rotatable bonds is 15. The van der Waals surface area contributed by atoms with Crippen molar-refractivity contribution in [2.24, 2.45) is 0 Å². The molecule has 0 aromatic carbocycles. The van der Waals surface area contributed by atoms with Crippen LogP contribution in [0.4, 0.5) is 0 Å². The molecule has 0 nitrogen and oxygen atoms in total. The van der Waals surface area contributed by atoms with Crippen LogP contribution in [0, 0.1) is 0 Å². The minimum absolute atomic E-state index is 1.01. The van der Waals surface area contributed by atoms with Crippen LogP contribution in [0.2, 0.25) is 13.3 Å². The second-order valence-electron chi connectivity index (χ2n) is 6.83. The van der Waals surface area contributed by atoms with Crippen molar-refractivity contribution >= 4 is 18.4 Å². The summed E-state index contributed by atoms with van der Waals surface area (Å²) in [5.41, 5.74) is 0. The van der Waals surface area contributed by atoms with Gasteiger partial charge in [0.2, 0.25) is 0 Å². The maximum atomic E-state index is 8.48. The molecule has 0 aliphatic rings. The Kier molecular flexibility index (Phi) is 14.4. The summed E-state index contributed by atoms with van der Waals surface area (Å²) in [6.45, 7) is 9.24. The van der Waals surface area contributed by atoms with E-state index < -0.39 is 18.4 Å². The van der Waals surface area contributed by atoms with Crippen LogP contribution in [0.25, 0.3) is 0 Å². The van der Waals surface area contributed by atoms with Gasteiger partial charge in [-0.05, 0) is 0 Å². The molecule has 126 valence electrons. The fraction of sp³-hybridized carbons (Fsp3) is 0.900. The van der Waals surface area contributed by atoms with Crippen LogP contribution in [-0.4, -0.2) is 18.4 Å². The van der Waals surface area contributed by atoms with Crippen LogP contribution in [0.5, 0.6) is 0 Å². The summed E-state index contributed by atoms with van der Waals surface area (Å²) < 4.78 is 15.6. The van der Waals surface area contributed by atoms with E-state index >= 15 is 0 Å². The van der Waals surface area contributed by atoms with E-state index in [4.69, 9.17) is 1.37 Å². The first kappa shape index (κ1) is 19.6. The fourth-order valence-electron chi connectivity index (χ4n) is 3.12. The van der Waals surface area contributed by atoms with Crippen LogP contribution >= 0.6 is 0 Å². The third-order valence-corrected chi connectivity index (χ3v) is 18.6. The van der Waals surface area contributed by atoms with Gasteiger partial charge in [0.25, 0.3) is 0 Å². The normalized spacial score (nSPS) is 13.5. The van der Waals surface area contributed by atoms with Crippen molar-refractivity contribution in [2.45, 2.75) is 112 Å². The van der Waals surface area contributed by atoms with Crippen LogP contribution in [-0.2, 0) is 0 Å². The van der Waals surface area contributed by atoms with Gasteiger partial charge in [0.15, 0.2) is 0 Å². The van der Waals surface area contributed by atoms with Gasteiger partial charge < -0.3 is 0 Å². The van der Waals surface area contributed by atoms with Gasteiger partial charge in [-0.2, -0.15) is 0 Å². The molecule has 0 aromatic heterocycles. The molecule has 0 spiro atoms. The first-order valence-corrected chi connectivity index (χ1v) is 17.5. The Morgan fingerprint density at radius 2 is 1.14 bits per heavy atom. The SMILES string of the molecule is [2H]/C(=[CH]\[Sn]([CH2]CCC)([CH2]CCC)[CH2]CCC)CCCCCC. The van der Waals surface area contributed by atoms with Crippen molar-refractivity contribution in [3.8, 4) is 0 Å². The predicted molar refractivity (Wildman–Crippen MR) is 103 cm³/mol. The van der Waals surface area contributed by atoms with Crippen LogP contribution in [0.3, 0.4) is 0 Å². The van der Waals surface area contributed by atoms with Crippen molar-refractivity contribution in [2.75, 3.05) is 0 Å². The predicted octanol–water partition coefficient (Wildman–Crippen LogP) is 7.90. The van der Waals surface area contributed by atoms with Crippen molar-refractivity contribution in [1.29, 1.82) is 0 Å². The van der Waals surface area contributed by atoms with E-state index in [1.54, 1.807) is 0 Å². The van der Waals surface area contributed by atoms with Gasteiger partial charge in [-0.15, -0.1) is 0 Å². The number of hydrogen-bond acceptors (Lipinski definition) is 0. The first-order chi connectivity index (χ1) is 10.6. The van der Waals surface area contributed by atoms with Crippen LogP contribution in [0.1, 0.15) is 99.7 Å². The Labute approximate surface area is 141 Å². The van der Waals surface area contributed by atoms with Gasteiger partial charge in [0, 0.05) is 0 Å². The Morgan fingerprint density at radius 3 is 1.57 bits per heavy atom. The second-order valence-corrected chi connectivity index (χ2v) is 19.7. The molecule has 0 N–H and O–H groups in total. The van der Waals surface area contributed by atoms with Crippen molar-refractivity contribution in [1.82, 2.24) is 0 Å². The number of allylic oxidation sites excluding steroid dienone is 1. The van der Waals surface area contributed by atoms with Gasteiger partial charge >= 0.3 is 142 Å². The molecule has 21 heavy (non-hydrogen) atoms. The third kappa shape index (κ3) is 11.7. The molecule has 0 aromatic rings. The van der Waals surface area contributed by atoms with E-state index in [9.17, 15) is 0 Å². The second kappa shape index (κ2) is 15.4. The van der Waals surface area contributed by atoms with E-state index in [2.05, 4.69) is 31.8 Å². The van der Waals surface area contributed by atoms with E-state index in [1.807, 2.05) is 0 Å². The summed E-state index contributed by atoms with van der Waals surface area (Å²) in [4.78, 5) is 0. The average Bonchev–Trinajstić information content (AvgIpc) is 2.53. The summed E-state index contributed by atoms with van der Waals surface area (Å²) in [5.74, 6) is 0. The molecule has 0 atom stereocenters. The Hall–Kier alpha value is 0.539. The summed E-state index contributed by atoms with van der Waals surface area (Å²) in [5, 5.41) is 0. The molecule has 0 aliphatic heterocycles. The minimum atomic E-state index is -2.19. The van der Waals surface area contributed by atoms with Gasteiger partial charge in [0.1, 0.15) is 0 Å². The van der Waals surface area contributed by atoms with Crippen molar-refractivity contribution in [3.63, 3.8) is 0 Å². The van der Waals surface area contributed by atoms with E-state index in [0.29, 0.717) is 0 Å². The summed E-state index contributed by atoms with van der Waals surface area (Å²) in [7, 11) is 0. The Bertz CT molecular complexity index is 251. The van der Waals surface area contributed by atoms with Crippen LogP contribution < -0.4 is 0 Å². The summed E-state index contributed by atoms with van der Waals surface area (Å²) >= 11 is -2.19. The zero-order valence-corrected chi connectivity index (χ0v) is 18.3. The Balaban J connectivity index is 4.80. The molecule has 0 aliphatic carbocycles. The standard InChI is InChI=1S/C8H15.3C4H9.Sn/c1-3-5-7-8-6-4-2;3*1-3-4-2;/h1,3H,4-8H2,2H3;3*1,3-4H2,2H3;/i3D;;;;. The molecule has 1 heteroatoms. The van der Waals surface area contributed by atoms with E-state index in [-0.39, 0.29) is 0 Å². The molecule has 0 rings (SSSR count). The zero-order chi connectivity index (χ0) is 16.7. The van der Waals surface area contributed by atoms with Gasteiger partial charge in [0.05, 0.1) is 0 Å². The van der Waals surface area contributed by atoms with Crippen molar-refractivity contribution in [3.05, 3.63) is 10.1 Å². The maximum absolute atomic E-state index is 8.48. The molecule has 0 unspecified atom stereocenters. The van der Waals surface area contributed by atoms with Crippen molar-refractivity contribution < 1.29 is 1.37 Å². The van der Waals surface area contributed by atoms with Gasteiger partial charge in [-0.1, -0.05) is 0 Å². The van der Waals surface area contributed by atoms with Gasteiger partial charge in [-0.3, -0.25) is 0 Å². The first-order valence-electron chi connectivity index (χ1n) is 10.3. The third-order valence-electron chi connectivity index (χ3n) is 4.67. The molecule has 0 fully saturated rings. The quantitative estimate of drug-likeness (QED) is 0.193. The van der Waals surface area contributed by atoms with Gasteiger partial charge in [-0.25, -0.2) is 0 Å². The molecule has 0 heterocycles. The molecular weight excluding hydrogens is 359 g/mol. The monoisotopic (exact) mass is 403 g/mol. The molecule has 0 bridgehead atoms. The molecule has 0 amide bonds. The molecule has 0 saturated carbocycles. The molecule has 0 saturated heterocycles. The van der Waals surface area contributed by atoms with E-state index in [1.165, 1.54) is 77.5 Å². The molecular formula is C20H42Sn. The molecule has 0 radical (unpaired) electrons.